The summed E-state index contributed by atoms with van der Waals surface area (Å²) in [6, 6.07) is 7.05. The zero-order chi connectivity index (χ0) is 19.7. The van der Waals surface area contributed by atoms with E-state index in [-0.39, 0.29) is 35.7 Å². The van der Waals surface area contributed by atoms with Gasteiger partial charge in [0, 0.05) is 13.0 Å². The lowest BCUT2D eigenvalue weighted by Crippen LogP contribution is -2.48. The molecule has 0 saturated heterocycles. The number of hydrogen-bond acceptors (Lipinski definition) is 4. The Balaban J connectivity index is 0.00000676. The number of carbonyl (C=O) groups is 2. The number of nitrogens with one attached hydrogen (secondary N) is 2. The van der Waals surface area contributed by atoms with Crippen molar-refractivity contribution in [2.24, 2.45) is 11.1 Å². The summed E-state index contributed by atoms with van der Waals surface area (Å²) in [6.07, 6.45) is 0.927. The first-order valence-corrected chi connectivity index (χ1v) is 9.20. The maximum Gasteiger partial charge on any atom is 0.237 e. The van der Waals surface area contributed by atoms with E-state index in [1.807, 2.05) is 58.9 Å². The Labute approximate surface area is 169 Å². The maximum atomic E-state index is 12.1. The number of hydrogen-bond donors (Lipinski definition) is 3. The predicted molar refractivity (Wildman–Crippen MR) is 111 cm³/mol. The fourth-order valence-corrected chi connectivity index (χ4v) is 2.38. The smallest absolute Gasteiger partial charge is 0.237 e. The van der Waals surface area contributed by atoms with Crippen molar-refractivity contribution in [2.75, 3.05) is 13.2 Å². The Morgan fingerprint density at radius 3 is 2.30 bits per heavy atom. The van der Waals surface area contributed by atoms with E-state index in [2.05, 4.69) is 10.6 Å². The van der Waals surface area contributed by atoms with E-state index in [0.717, 1.165) is 11.3 Å². The molecule has 0 radical (unpaired) electrons. The van der Waals surface area contributed by atoms with Gasteiger partial charge in [0.1, 0.15) is 5.75 Å². The van der Waals surface area contributed by atoms with Crippen LogP contribution in [-0.2, 0) is 9.59 Å². The van der Waals surface area contributed by atoms with Gasteiger partial charge in [-0.3, -0.25) is 9.59 Å². The molecule has 0 aromatic heterocycles. The number of benzene rings is 1. The third-order valence-electron chi connectivity index (χ3n) is 4.16. The van der Waals surface area contributed by atoms with Crippen LogP contribution in [-0.4, -0.2) is 31.0 Å². The Morgan fingerprint density at radius 2 is 1.78 bits per heavy atom. The van der Waals surface area contributed by atoms with Crippen molar-refractivity contribution < 1.29 is 14.3 Å². The zero-order valence-corrected chi connectivity index (χ0v) is 17.8. The molecule has 4 N–H and O–H groups in total. The third-order valence-corrected chi connectivity index (χ3v) is 4.16. The van der Waals surface area contributed by atoms with Crippen molar-refractivity contribution in [3.8, 4) is 5.75 Å². The number of amides is 2. The highest BCUT2D eigenvalue weighted by atomic mass is 35.5. The molecule has 0 aliphatic heterocycles. The summed E-state index contributed by atoms with van der Waals surface area (Å²) >= 11 is 0. The molecule has 154 valence electrons. The number of rotatable bonds is 9. The summed E-state index contributed by atoms with van der Waals surface area (Å²) in [5, 5.41) is 5.76. The molecule has 1 rings (SSSR count). The normalized spacial score (nSPS) is 13.1. The highest BCUT2D eigenvalue weighted by Gasteiger charge is 2.26. The molecule has 1 aromatic rings. The van der Waals surface area contributed by atoms with Crippen molar-refractivity contribution in [1.82, 2.24) is 10.6 Å². The molecule has 7 heteroatoms. The van der Waals surface area contributed by atoms with Crippen LogP contribution in [0.2, 0.25) is 0 Å². The average molecular weight is 400 g/mol. The Bertz CT molecular complexity index is 585. The van der Waals surface area contributed by atoms with Gasteiger partial charge in [-0.2, -0.15) is 0 Å². The van der Waals surface area contributed by atoms with Crippen molar-refractivity contribution >= 4 is 24.2 Å². The van der Waals surface area contributed by atoms with Crippen LogP contribution in [0.1, 0.15) is 59.1 Å². The van der Waals surface area contributed by atoms with Crippen LogP contribution in [0.15, 0.2) is 24.3 Å². The number of halogens is 1. The topological polar surface area (TPSA) is 93.5 Å². The minimum Gasteiger partial charge on any atom is -0.494 e. The summed E-state index contributed by atoms with van der Waals surface area (Å²) in [6.45, 7) is 10.7. The molecular weight excluding hydrogens is 366 g/mol. The number of ether oxygens (including phenoxy) is 1. The van der Waals surface area contributed by atoms with Crippen LogP contribution in [0.4, 0.5) is 0 Å². The monoisotopic (exact) mass is 399 g/mol. The molecule has 6 nitrogen and oxygen atoms in total. The zero-order valence-electron chi connectivity index (χ0n) is 17.0. The molecular formula is C20H34ClN3O3. The van der Waals surface area contributed by atoms with Gasteiger partial charge in [0.15, 0.2) is 0 Å². The highest BCUT2D eigenvalue weighted by molar-refractivity contribution is 5.85. The lowest BCUT2D eigenvalue weighted by Gasteiger charge is -2.25. The Morgan fingerprint density at radius 1 is 1.19 bits per heavy atom. The predicted octanol–water partition coefficient (Wildman–Crippen LogP) is 2.95. The van der Waals surface area contributed by atoms with Gasteiger partial charge >= 0.3 is 0 Å². The molecule has 0 aliphatic carbocycles. The summed E-state index contributed by atoms with van der Waals surface area (Å²) in [4.78, 5) is 24.0. The third kappa shape index (κ3) is 9.11. The Kier molecular flexibility index (Phi) is 11.0. The van der Waals surface area contributed by atoms with Gasteiger partial charge in [-0.05, 0) is 43.4 Å². The maximum absolute atomic E-state index is 12.1. The fourth-order valence-electron chi connectivity index (χ4n) is 2.38. The van der Waals surface area contributed by atoms with Crippen molar-refractivity contribution in [1.29, 1.82) is 0 Å². The van der Waals surface area contributed by atoms with Gasteiger partial charge in [-0.1, -0.05) is 32.9 Å². The summed E-state index contributed by atoms with van der Waals surface area (Å²) in [7, 11) is 0. The molecule has 1 aromatic carbocycles. The quantitative estimate of drug-likeness (QED) is 0.556. The summed E-state index contributed by atoms with van der Waals surface area (Å²) in [5.74, 6) is 0.598. The van der Waals surface area contributed by atoms with E-state index in [1.165, 1.54) is 0 Å². The lowest BCUT2D eigenvalue weighted by molar-refractivity contribution is -0.125. The first kappa shape index (κ1) is 25.2. The van der Waals surface area contributed by atoms with Gasteiger partial charge in [0.2, 0.25) is 11.8 Å². The average Bonchev–Trinajstić information content (AvgIpc) is 2.57. The van der Waals surface area contributed by atoms with E-state index in [9.17, 15) is 9.59 Å². The molecule has 1 unspecified atom stereocenters. The van der Waals surface area contributed by atoms with Gasteiger partial charge in [0.25, 0.3) is 0 Å². The van der Waals surface area contributed by atoms with Crippen LogP contribution >= 0.6 is 12.4 Å². The van der Waals surface area contributed by atoms with Gasteiger partial charge in [0.05, 0.1) is 18.7 Å². The van der Waals surface area contributed by atoms with Gasteiger partial charge in [-0.25, -0.2) is 0 Å². The van der Waals surface area contributed by atoms with E-state index in [0.29, 0.717) is 26.0 Å². The molecule has 0 saturated carbocycles. The van der Waals surface area contributed by atoms with E-state index < -0.39 is 6.04 Å². The molecule has 0 fully saturated rings. The largest absolute Gasteiger partial charge is 0.494 e. The Hall–Kier alpha value is -1.79. The second kappa shape index (κ2) is 11.8. The fraction of sp³-hybridized carbons (Fsp3) is 0.600. The van der Waals surface area contributed by atoms with Crippen LogP contribution in [0.25, 0.3) is 0 Å². The molecule has 0 aliphatic rings. The molecule has 0 spiro atoms. The standard InChI is InChI=1S/C20H33N3O3.ClH/c1-6-26-16-11-9-15(10-12-16)14(2)23-17(24)8-7-13-22-19(25)18(21)20(3,4)5;/h9-12,14,18H,6-8,13,21H2,1-5H3,(H,22,25)(H,23,24);1H/t14?,18-;/m1./s1. The summed E-state index contributed by atoms with van der Waals surface area (Å²) in [5.41, 5.74) is 6.63. The van der Waals surface area contributed by atoms with Crippen LogP contribution in [0.3, 0.4) is 0 Å². The first-order chi connectivity index (χ1) is 12.1. The van der Waals surface area contributed by atoms with Crippen LogP contribution in [0.5, 0.6) is 5.75 Å². The minimum absolute atomic E-state index is 0. The van der Waals surface area contributed by atoms with Crippen molar-refractivity contribution in [3.05, 3.63) is 29.8 Å². The second-order valence-electron chi connectivity index (χ2n) is 7.53. The number of nitrogens with two attached hydrogens (primary N) is 1. The summed E-state index contributed by atoms with van der Waals surface area (Å²) < 4.78 is 5.41. The van der Waals surface area contributed by atoms with Gasteiger partial charge < -0.3 is 21.1 Å². The van der Waals surface area contributed by atoms with Crippen LogP contribution < -0.4 is 21.1 Å². The lowest BCUT2D eigenvalue weighted by atomic mass is 9.87. The van der Waals surface area contributed by atoms with Crippen LogP contribution in [0, 0.1) is 5.41 Å². The molecule has 0 bridgehead atoms. The molecule has 27 heavy (non-hydrogen) atoms. The van der Waals surface area contributed by atoms with Gasteiger partial charge in [-0.15, -0.1) is 12.4 Å². The minimum atomic E-state index is -0.559. The van der Waals surface area contributed by atoms with Crippen molar-refractivity contribution in [2.45, 2.75) is 59.5 Å². The highest BCUT2D eigenvalue weighted by Crippen LogP contribution is 2.18. The van der Waals surface area contributed by atoms with E-state index in [1.54, 1.807) is 0 Å². The molecule has 0 heterocycles. The molecule has 2 amide bonds. The second-order valence-corrected chi connectivity index (χ2v) is 7.53. The van der Waals surface area contributed by atoms with E-state index in [4.69, 9.17) is 10.5 Å². The molecule has 2 atom stereocenters. The number of carbonyl (C=O) groups excluding carboxylic acids is 2. The first-order valence-electron chi connectivity index (χ1n) is 9.20. The SMILES string of the molecule is CCOc1ccc(C(C)NC(=O)CCCNC(=O)[C@@H](N)C(C)(C)C)cc1.Cl. The van der Waals surface area contributed by atoms with E-state index >= 15 is 0 Å². The van der Waals surface area contributed by atoms with Crippen molar-refractivity contribution in [3.63, 3.8) is 0 Å².